The molecule has 0 saturated carbocycles. The highest BCUT2D eigenvalue weighted by Gasteiger charge is 2.24. The number of carbonyl (C=O) groups is 2. The average molecular weight is 185 g/mol. The van der Waals surface area contributed by atoms with E-state index < -0.39 is 0 Å². The van der Waals surface area contributed by atoms with Crippen molar-refractivity contribution < 1.29 is 9.59 Å². The van der Waals surface area contributed by atoms with Crippen LogP contribution in [0, 0.1) is 0 Å². The van der Waals surface area contributed by atoms with Crippen LogP contribution in [0.1, 0.15) is 12.8 Å². The summed E-state index contributed by atoms with van der Waals surface area (Å²) in [4.78, 5) is 23.6. The van der Waals surface area contributed by atoms with Crippen LogP contribution in [0.5, 0.6) is 0 Å². The maximum atomic E-state index is 11.5. The van der Waals surface area contributed by atoms with Crippen molar-refractivity contribution in [1.82, 2.24) is 14.9 Å². The molecule has 0 aromatic carbocycles. The highest BCUT2D eigenvalue weighted by molar-refractivity contribution is 5.75. The maximum absolute atomic E-state index is 11.5. The molecule has 1 saturated heterocycles. The van der Waals surface area contributed by atoms with Crippen LogP contribution in [-0.2, 0) is 4.79 Å². The van der Waals surface area contributed by atoms with Crippen molar-refractivity contribution in [3.63, 3.8) is 0 Å². The monoisotopic (exact) mass is 185 g/mol. The fourth-order valence-corrected chi connectivity index (χ4v) is 1.33. The lowest BCUT2D eigenvalue weighted by molar-refractivity contribution is -0.133. The van der Waals surface area contributed by atoms with Gasteiger partial charge in [0.15, 0.2) is 0 Å². The Labute approximate surface area is 77.9 Å². The number of rotatable bonds is 1. The quantitative estimate of drug-likeness (QED) is 0.545. The van der Waals surface area contributed by atoms with Crippen molar-refractivity contribution in [2.45, 2.75) is 12.8 Å². The lowest BCUT2D eigenvalue weighted by Gasteiger charge is -2.37. The molecule has 1 fully saturated rings. The van der Waals surface area contributed by atoms with E-state index in [2.05, 4.69) is 0 Å². The first kappa shape index (κ1) is 9.83. The molecule has 5 nitrogen and oxygen atoms in total. The number of nitrogens with zero attached hydrogens (tertiary/aromatic N) is 3. The van der Waals surface area contributed by atoms with Gasteiger partial charge in [-0.2, -0.15) is 0 Å². The summed E-state index contributed by atoms with van der Waals surface area (Å²) < 4.78 is 0. The van der Waals surface area contributed by atoms with E-state index in [0.29, 0.717) is 19.5 Å². The van der Waals surface area contributed by atoms with Gasteiger partial charge < -0.3 is 4.90 Å². The van der Waals surface area contributed by atoms with Crippen molar-refractivity contribution in [3.8, 4) is 0 Å². The van der Waals surface area contributed by atoms with Gasteiger partial charge in [-0.15, -0.1) is 0 Å². The number of amides is 3. The van der Waals surface area contributed by atoms with Crippen molar-refractivity contribution in [2.75, 3.05) is 27.2 Å². The van der Waals surface area contributed by atoms with E-state index in [0.717, 1.165) is 12.8 Å². The molecule has 1 aliphatic heterocycles. The van der Waals surface area contributed by atoms with Gasteiger partial charge in [0.2, 0.25) is 6.41 Å². The van der Waals surface area contributed by atoms with E-state index in [1.807, 2.05) is 0 Å². The molecule has 13 heavy (non-hydrogen) atoms. The molecule has 1 aliphatic rings. The number of carbonyl (C=O) groups excluding carboxylic acids is 2. The molecule has 0 bridgehead atoms. The molecule has 0 aliphatic carbocycles. The van der Waals surface area contributed by atoms with Gasteiger partial charge in [-0.25, -0.2) is 9.80 Å². The molecule has 0 aromatic heterocycles. The molecule has 0 aromatic rings. The average Bonchev–Trinajstić information content (AvgIpc) is 2.16. The summed E-state index contributed by atoms with van der Waals surface area (Å²) in [7, 11) is 3.36. The molecule has 0 N–H and O–H groups in total. The zero-order valence-corrected chi connectivity index (χ0v) is 8.06. The second-order valence-electron chi connectivity index (χ2n) is 3.28. The van der Waals surface area contributed by atoms with Crippen LogP contribution in [0.3, 0.4) is 0 Å². The molecular weight excluding hydrogens is 170 g/mol. The Hall–Kier alpha value is -1.26. The Bertz CT molecular complexity index is 206. The third-order valence-electron chi connectivity index (χ3n) is 2.04. The van der Waals surface area contributed by atoms with Crippen LogP contribution < -0.4 is 0 Å². The van der Waals surface area contributed by atoms with E-state index in [9.17, 15) is 9.59 Å². The Morgan fingerprint density at radius 1 is 1.31 bits per heavy atom. The fraction of sp³-hybridized carbons (Fsp3) is 0.750. The molecule has 3 amide bonds. The third kappa shape index (κ3) is 2.11. The molecular formula is C8H15N3O2. The molecule has 0 unspecified atom stereocenters. The van der Waals surface area contributed by atoms with Crippen LogP contribution >= 0.6 is 0 Å². The van der Waals surface area contributed by atoms with E-state index in [1.54, 1.807) is 14.1 Å². The Morgan fingerprint density at radius 2 is 1.92 bits per heavy atom. The van der Waals surface area contributed by atoms with Crippen LogP contribution in [0.2, 0.25) is 0 Å². The second kappa shape index (κ2) is 4.11. The molecule has 0 spiro atoms. The summed E-state index contributed by atoms with van der Waals surface area (Å²) in [6.07, 6.45) is 2.64. The topological polar surface area (TPSA) is 43.9 Å². The minimum absolute atomic E-state index is 0.133. The van der Waals surface area contributed by atoms with Gasteiger partial charge in [0, 0.05) is 27.2 Å². The zero-order chi connectivity index (χ0) is 9.84. The van der Waals surface area contributed by atoms with Crippen molar-refractivity contribution in [2.24, 2.45) is 0 Å². The standard InChI is InChI=1S/C8H15N3O2/c1-9(2)8(13)11-6-4-3-5-10(11)7-12/h7H,3-6H2,1-2H3. The van der Waals surface area contributed by atoms with E-state index in [-0.39, 0.29) is 6.03 Å². The highest BCUT2D eigenvalue weighted by atomic mass is 16.2. The largest absolute Gasteiger partial charge is 0.338 e. The number of urea groups is 1. The Balaban J connectivity index is 2.63. The summed E-state index contributed by atoms with van der Waals surface area (Å²) in [6, 6.07) is -0.133. The van der Waals surface area contributed by atoms with Crippen LogP contribution in [0.25, 0.3) is 0 Å². The molecule has 1 rings (SSSR count). The number of hydrogen-bond acceptors (Lipinski definition) is 2. The molecule has 1 heterocycles. The first-order valence-corrected chi connectivity index (χ1v) is 4.37. The smallest absolute Gasteiger partial charge is 0.329 e. The molecule has 5 heteroatoms. The zero-order valence-electron chi connectivity index (χ0n) is 8.06. The van der Waals surface area contributed by atoms with Gasteiger partial charge in [-0.05, 0) is 12.8 Å². The van der Waals surface area contributed by atoms with Gasteiger partial charge >= 0.3 is 6.03 Å². The fourth-order valence-electron chi connectivity index (χ4n) is 1.33. The predicted octanol–water partition coefficient (Wildman–Crippen LogP) is 0.137. The van der Waals surface area contributed by atoms with Crippen molar-refractivity contribution >= 4 is 12.4 Å². The third-order valence-corrected chi connectivity index (χ3v) is 2.04. The first-order valence-electron chi connectivity index (χ1n) is 4.37. The SMILES string of the molecule is CN(C)C(=O)N1CCCCN1C=O. The normalized spacial score (nSPS) is 17.1. The maximum Gasteiger partial charge on any atom is 0.338 e. The summed E-state index contributed by atoms with van der Waals surface area (Å²) in [5, 5.41) is 2.92. The van der Waals surface area contributed by atoms with Gasteiger partial charge in [0.1, 0.15) is 0 Å². The summed E-state index contributed by atoms with van der Waals surface area (Å²) in [5.74, 6) is 0. The van der Waals surface area contributed by atoms with Crippen molar-refractivity contribution in [1.29, 1.82) is 0 Å². The minimum atomic E-state index is -0.133. The molecule has 74 valence electrons. The second-order valence-corrected chi connectivity index (χ2v) is 3.28. The van der Waals surface area contributed by atoms with Gasteiger partial charge in [0.05, 0.1) is 0 Å². The lowest BCUT2D eigenvalue weighted by atomic mass is 10.2. The van der Waals surface area contributed by atoms with E-state index in [4.69, 9.17) is 0 Å². The van der Waals surface area contributed by atoms with Gasteiger partial charge in [0.25, 0.3) is 0 Å². The van der Waals surface area contributed by atoms with E-state index in [1.165, 1.54) is 14.9 Å². The van der Waals surface area contributed by atoms with Gasteiger partial charge in [-0.3, -0.25) is 9.80 Å². The summed E-state index contributed by atoms with van der Waals surface area (Å²) >= 11 is 0. The summed E-state index contributed by atoms with van der Waals surface area (Å²) in [6.45, 7) is 1.28. The molecule has 0 radical (unpaired) electrons. The highest BCUT2D eigenvalue weighted by Crippen LogP contribution is 2.10. The first-order chi connectivity index (χ1) is 6.16. The Kier molecular flexibility index (Phi) is 3.11. The lowest BCUT2D eigenvalue weighted by Crippen LogP contribution is -2.52. The van der Waals surface area contributed by atoms with Crippen LogP contribution in [-0.4, -0.2) is 54.5 Å². The summed E-state index contributed by atoms with van der Waals surface area (Å²) in [5.41, 5.74) is 0. The minimum Gasteiger partial charge on any atom is -0.329 e. The van der Waals surface area contributed by atoms with Crippen LogP contribution in [0.15, 0.2) is 0 Å². The van der Waals surface area contributed by atoms with E-state index >= 15 is 0 Å². The van der Waals surface area contributed by atoms with Crippen LogP contribution in [0.4, 0.5) is 4.79 Å². The number of hydrazine groups is 1. The van der Waals surface area contributed by atoms with Crippen molar-refractivity contribution in [3.05, 3.63) is 0 Å². The Morgan fingerprint density at radius 3 is 2.46 bits per heavy atom. The predicted molar refractivity (Wildman–Crippen MR) is 47.8 cm³/mol. The number of hydrogen-bond donors (Lipinski definition) is 0. The molecule has 0 atom stereocenters. The van der Waals surface area contributed by atoms with Gasteiger partial charge in [-0.1, -0.05) is 0 Å².